The molecule has 0 saturated carbocycles. The molecule has 86 valence electrons. The minimum Gasteiger partial charge on any atom is -0.496 e. The van der Waals surface area contributed by atoms with Crippen LogP contribution in [0.2, 0.25) is 0 Å². The van der Waals surface area contributed by atoms with Gasteiger partial charge < -0.3 is 4.74 Å². The van der Waals surface area contributed by atoms with Crippen LogP contribution in [0.1, 0.15) is 51.7 Å². The molecule has 1 rings (SSSR count). The number of benzene rings is 1. The first kappa shape index (κ1) is 14.0. The van der Waals surface area contributed by atoms with E-state index in [1.165, 1.54) is 11.1 Å². The third-order valence-electron chi connectivity index (χ3n) is 2.32. The van der Waals surface area contributed by atoms with E-state index in [-0.39, 0.29) is 0 Å². The third-order valence-corrected chi connectivity index (χ3v) is 2.32. The lowest BCUT2D eigenvalue weighted by atomic mass is 9.99. The molecule has 0 aliphatic rings. The number of ether oxygens (including phenoxy) is 1. The van der Waals surface area contributed by atoms with E-state index in [4.69, 9.17) is 4.74 Å². The normalized spacial score (nSPS) is 9.53. The molecule has 1 nitrogen and oxygen atoms in total. The van der Waals surface area contributed by atoms with E-state index >= 15 is 0 Å². The van der Waals surface area contributed by atoms with Crippen molar-refractivity contribution in [1.82, 2.24) is 0 Å². The second-order valence-corrected chi connectivity index (χ2v) is 3.58. The van der Waals surface area contributed by atoms with Gasteiger partial charge in [-0.3, -0.25) is 0 Å². The van der Waals surface area contributed by atoms with Gasteiger partial charge in [0.05, 0.1) is 7.11 Å². The van der Waals surface area contributed by atoms with Gasteiger partial charge in [0.1, 0.15) is 5.75 Å². The highest BCUT2D eigenvalue weighted by Gasteiger charge is 2.06. The van der Waals surface area contributed by atoms with Crippen LogP contribution in [-0.2, 0) is 6.42 Å². The first-order valence-electron chi connectivity index (χ1n) is 5.85. The maximum absolute atomic E-state index is 5.31. The van der Waals surface area contributed by atoms with E-state index in [2.05, 4.69) is 39.0 Å². The van der Waals surface area contributed by atoms with Crippen molar-refractivity contribution in [2.75, 3.05) is 7.11 Å². The maximum atomic E-state index is 5.31. The minimum atomic E-state index is 0.529. The van der Waals surface area contributed by atoms with E-state index in [0.717, 1.165) is 12.2 Å². The number of aryl methyl sites for hydroxylation is 1. The van der Waals surface area contributed by atoms with Gasteiger partial charge in [-0.25, -0.2) is 0 Å². The molecule has 15 heavy (non-hydrogen) atoms. The largest absolute Gasteiger partial charge is 0.496 e. The highest BCUT2D eigenvalue weighted by Crippen LogP contribution is 2.27. The third kappa shape index (κ3) is 3.94. The molecule has 0 atom stereocenters. The second kappa shape index (κ2) is 7.33. The average Bonchev–Trinajstić information content (AvgIpc) is 2.30. The Morgan fingerprint density at radius 3 is 2.20 bits per heavy atom. The quantitative estimate of drug-likeness (QED) is 0.715. The maximum Gasteiger partial charge on any atom is 0.122 e. The van der Waals surface area contributed by atoms with Crippen molar-refractivity contribution < 1.29 is 4.74 Å². The Morgan fingerprint density at radius 2 is 1.80 bits per heavy atom. The van der Waals surface area contributed by atoms with E-state index in [1.807, 2.05) is 13.8 Å². The first-order valence-corrected chi connectivity index (χ1v) is 5.85. The summed E-state index contributed by atoms with van der Waals surface area (Å²) >= 11 is 0. The fraction of sp³-hybridized carbons (Fsp3) is 0.571. The summed E-state index contributed by atoms with van der Waals surface area (Å²) in [6, 6.07) is 6.43. The lowest BCUT2D eigenvalue weighted by Gasteiger charge is -2.12. The molecule has 0 aliphatic heterocycles. The molecular formula is C14H24O. The molecule has 0 N–H and O–H groups in total. The van der Waals surface area contributed by atoms with Crippen LogP contribution >= 0.6 is 0 Å². The summed E-state index contributed by atoms with van der Waals surface area (Å²) in [6.45, 7) is 10.6. The van der Waals surface area contributed by atoms with Crippen LogP contribution in [0.25, 0.3) is 0 Å². The monoisotopic (exact) mass is 208 g/mol. The van der Waals surface area contributed by atoms with E-state index in [0.29, 0.717) is 5.92 Å². The molecule has 0 radical (unpaired) electrons. The van der Waals surface area contributed by atoms with Gasteiger partial charge in [-0.05, 0) is 29.5 Å². The highest BCUT2D eigenvalue weighted by molar-refractivity contribution is 5.39. The molecule has 0 amide bonds. The second-order valence-electron chi connectivity index (χ2n) is 3.58. The van der Waals surface area contributed by atoms with E-state index in [1.54, 1.807) is 7.11 Å². The van der Waals surface area contributed by atoms with Gasteiger partial charge in [0.25, 0.3) is 0 Å². The molecule has 1 heteroatoms. The lowest BCUT2D eigenvalue weighted by molar-refractivity contribution is 0.407. The van der Waals surface area contributed by atoms with Gasteiger partial charge in [-0.2, -0.15) is 0 Å². The van der Waals surface area contributed by atoms with Crippen LogP contribution in [0.4, 0.5) is 0 Å². The summed E-state index contributed by atoms with van der Waals surface area (Å²) in [6.07, 6.45) is 1.09. The standard InChI is InChI=1S/C12H18O.C2H6/c1-5-10-6-7-12(13-4)11(8-10)9(2)3;1-2/h6-9H,5H2,1-4H3;1-2H3. The molecule has 1 aromatic rings. The molecule has 0 bridgehead atoms. The van der Waals surface area contributed by atoms with Gasteiger partial charge in [-0.1, -0.05) is 46.8 Å². The van der Waals surface area contributed by atoms with Crippen molar-refractivity contribution in [3.05, 3.63) is 29.3 Å². The van der Waals surface area contributed by atoms with Crippen LogP contribution in [-0.4, -0.2) is 7.11 Å². The summed E-state index contributed by atoms with van der Waals surface area (Å²) < 4.78 is 5.31. The van der Waals surface area contributed by atoms with Gasteiger partial charge in [0, 0.05) is 0 Å². The lowest BCUT2D eigenvalue weighted by Crippen LogP contribution is -1.95. The number of rotatable bonds is 3. The van der Waals surface area contributed by atoms with Crippen LogP contribution in [0, 0.1) is 0 Å². The molecule has 0 saturated heterocycles. The smallest absolute Gasteiger partial charge is 0.122 e. The van der Waals surface area contributed by atoms with Crippen molar-refractivity contribution in [2.45, 2.75) is 47.0 Å². The zero-order chi connectivity index (χ0) is 11.8. The molecule has 0 unspecified atom stereocenters. The van der Waals surface area contributed by atoms with Gasteiger partial charge in [0.15, 0.2) is 0 Å². The van der Waals surface area contributed by atoms with Gasteiger partial charge >= 0.3 is 0 Å². The number of hydrogen-bond acceptors (Lipinski definition) is 1. The predicted octanol–water partition coefficient (Wildman–Crippen LogP) is 4.41. The fourth-order valence-electron chi connectivity index (χ4n) is 1.45. The SMILES string of the molecule is CC.CCc1ccc(OC)c(C(C)C)c1. The molecule has 0 spiro atoms. The topological polar surface area (TPSA) is 9.23 Å². The van der Waals surface area contributed by atoms with Crippen LogP contribution in [0.15, 0.2) is 18.2 Å². The zero-order valence-electron chi connectivity index (χ0n) is 10.9. The molecular weight excluding hydrogens is 184 g/mol. The average molecular weight is 208 g/mol. The summed E-state index contributed by atoms with van der Waals surface area (Å²) in [5, 5.41) is 0. The Hall–Kier alpha value is -0.980. The first-order chi connectivity index (χ1) is 7.19. The Morgan fingerprint density at radius 1 is 1.20 bits per heavy atom. The minimum absolute atomic E-state index is 0.529. The summed E-state index contributed by atoms with van der Waals surface area (Å²) in [7, 11) is 1.73. The molecule has 1 aromatic carbocycles. The van der Waals surface area contributed by atoms with Gasteiger partial charge in [0.2, 0.25) is 0 Å². The molecule has 0 aromatic heterocycles. The summed E-state index contributed by atoms with van der Waals surface area (Å²) in [5.41, 5.74) is 2.69. The van der Waals surface area contributed by atoms with Crippen molar-refractivity contribution in [2.24, 2.45) is 0 Å². The van der Waals surface area contributed by atoms with Crippen molar-refractivity contribution in [3.63, 3.8) is 0 Å². The van der Waals surface area contributed by atoms with E-state index < -0.39 is 0 Å². The summed E-state index contributed by atoms with van der Waals surface area (Å²) in [5.74, 6) is 1.54. The number of hydrogen-bond donors (Lipinski definition) is 0. The predicted molar refractivity (Wildman–Crippen MR) is 67.8 cm³/mol. The molecule has 0 fully saturated rings. The van der Waals surface area contributed by atoms with Crippen molar-refractivity contribution in [3.8, 4) is 5.75 Å². The highest BCUT2D eigenvalue weighted by atomic mass is 16.5. The van der Waals surface area contributed by atoms with Crippen molar-refractivity contribution in [1.29, 1.82) is 0 Å². The van der Waals surface area contributed by atoms with Gasteiger partial charge in [-0.15, -0.1) is 0 Å². The van der Waals surface area contributed by atoms with Crippen LogP contribution in [0.5, 0.6) is 5.75 Å². The Bertz CT molecular complexity index is 277. The number of methoxy groups -OCH3 is 1. The molecule has 0 heterocycles. The molecule has 0 aliphatic carbocycles. The van der Waals surface area contributed by atoms with E-state index in [9.17, 15) is 0 Å². The zero-order valence-corrected chi connectivity index (χ0v) is 10.9. The Kier molecular flexibility index (Phi) is 6.85. The van der Waals surface area contributed by atoms with Crippen molar-refractivity contribution >= 4 is 0 Å². The Labute approximate surface area is 94.5 Å². The Balaban J connectivity index is 0.000000921. The summed E-state index contributed by atoms with van der Waals surface area (Å²) in [4.78, 5) is 0. The van der Waals surface area contributed by atoms with Crippen LogP contribution < -0.4 is 4.74 Å². The fourth-order valence-corrected chi connectivity index (χ4v) is 1.45. The van der Waals surface area contributed by atoms with Crippen LogP contribution in [0.3, 0.4) is 0 Å².